The number of ether oxygens (including phenoxy) is 2. The van der Waals surface area contributed by atoms with Crippen LogP contribution in [0.15, 0.2) is 60.8 Å². The van der Waals surface area contributed by atoms with Crippen molar-refractivity contribution >= 4 is 5.69 Å². The van der Waals surface area contributed by atoms with Crippen LogP contribution in [-0.2, 0) is 6.42 Å². The Labute approximate surface area is 159 Å². The van der Waals surface area contributed by atoms with Crippen LogP contribution in [-0.4, -0.2) is 17.9 Å². The van der Waals surface area contributed by atoms with E-state index < -0.39 is 6.36 Å². The molecule has 2 aromatic carbocycles. The smallest absolute Gasteiger partial charge is 0.436 e. The van der Waals surface area contributed by atoms with Gasteiger partial charge >= 0.3 is 6.36 Å². The lowest BCUT2D eigenvalue weighted by Gasteiger charge is -2.21. The Bertz CT molecular complexity index is 972. The fraction of sp³-hybridized carbons (Fsp3) is 0.190. The number of nitrogens with one attached hydrogen (secondary N) is 1. The lowest BCUT2D eigenvalue weighted by Crippen LogP contribution is -2.16. The fourth-order valence-electron chi connectivity index (χ4n) is 3.20. The summed E-state index contributed by atoms with van der Waals surface area (Å²) in [5.74, 6) is 0.783. The highest BCUT2D eigenvalue weighted by molar-refractivity contribution is 5.71. The number of anilines is 1. The first-order chi connectivity index (χ1) is 13.5. The molecule has 28 heavy (non-hydrogen) atoms. The zero-order valence-electron chi connectivity index (χ0n) is 14.8. The van der Waals surface area contributed by atoms with E-state index in [-0.39, 0.29) is 5.75 Å². The molecule has 1 N–H and O–H groups in total. The molecule has 0 radical (unpaired) electrons. The number of halogens is 3. The lowest BCUT2D eigenvalue weighted by molar-refractivity contribution is -0.274. The van der Waals surface area contributed by atoms with Gasteiger partial charge in [-0.05, 0) is 54.3 Å². The second-order valence-corrected chi connectivity index (χ2v) is 6.35. The molecular weight excluding hydrogens is 369 g/mol. The predicted molar refractivity (Wildman–Crippen MR) is 99.7 cm³/mol. The first-order valence-electron chi connectivity index (χ1n) is 8.84. The molecule has 0 fully saturated rings. The number of alkyl halides is 3. The third-order valence-corrected chi connectivity index (χ3v) is 4.41. The van der Waals surface area contributed by atoms with Crippen LogP contribution >= 0.6 is 0 Å². The van der Waals surface area contributed by atoms with Crippen LogP contribution in [0.1, 0.15) is 12.0 Å². The van der Waals surface area contributed by atoms with Gasteiger partial charge in [-0.3, -0.25) is 0 Å². The lowest BCUT2D eigenvalue weighted by atomic mass is 10.0. The van der Waals surface area contributed by atoms with Crippen molar-refractivity contribution in [3.05, 3.63) is 66.4 Å². The summed E-state index contributed by atoms with van der Waals surface area (Å²) in [5.41, 5.74) is 3.50. The van der Waals surface area contributed by atoms with E-state index in [1.54, 1.807) is 24.4 Å². The third kappa shape index (κ3) is 4.03. The summed E-state index contributed by atoms with van der Waals surface area (Å²) in [7, 11) is 0. The van der Waals surface area contributed by atoms with E-state index in [0.717, 1.165) is 25.1 Å². The van der Waals surface area contributed by atoms with Crippen LogP contribution in [0.5, 0.6) is 17.4 Å². The molecule has 1 aromatic heterocycles. The molecule has 4 rings (SSSR count). The monoisotopic (exact) mass is 386 g/mol. The highest BCUT2D eigenvalue weighted by Gasteiger charge is 2.31. The molecule has 0 bridgehead atoms. The van der Waals surface area contributed by atoms with E-state index in [0.29, 0.717) is 22.8 Å². The topological polar surface area (TPSA) is 43.4 Å². The molecule has 0 saturated heterocycles. The van der Waals surface area contributed by atoms with Gasteiger partial charge in [0.2, 0.25) is 5.88 Å². The van der Waals surface area contributed by atoms with Crippen molar-refractivity contribution in [1.82, 2.24) is 4.98 Å². The van der Waals surface area contributed by atoms with Gasteiger partial charge in [0.15, 0.2) is 5.75 Å². The van der Waals surface area contributed by atoms with Crippen LogP contribution in [0.4, 0.5) is 18.9 Å². The van der Waals surface area contributed by atoms with Crippen LogP contribution < -0.4 is 14.8 Å². The van der Waals surface area contributed by atoms with Crippen LogP contribution in [0, 0.1) is 0 Å². The van der Waals surface area contributed by atoms with Gasteiger partial charge in [-0.25, -0.2) is 4.98 Å². The van der Waals surface area contributed by atoms with Crippen LogP contribution in [0.25, 0.3) is 11.1 Å². The maximum Gasteiger partial charge on any atom is 0.573 e. The van der Waals surface area contributed by atoms with E-state index in [9.17, 15) is 13.2 Å². The van der Waals surface area contributed by atoms with E-state index in [1.807, 2.05) is 18.2 Å². The van der Waals surface area contributed by atoms with Crippen molar-refractivity contribution in [2.24, 2.45) is 0 Å². The number of hydrogen-bond acceptors (Lipinski definition) is 4. The number of para-hydroxylation sites is 1. The fourth-order valence-corrected chi connectivity index (χ4v) is 3.20. The minimum Gasteiger partial charge on any atom is -0.436 e. The van der Waals surface area contributed by atoms with Crippen molar-refractivity contribution in [3.63, 3.8) is 0 Å². The molecule has 2 heterocycles. The zero-order valence-corrected chi connectivity index (χ0v) is 14.8. The second kappa shape index (κ2) is 7.42. The minimum absolute atomic E-state index is 0.274. The first kappa shape index (κ1) is 18.2. The highest BCUT2D eigenvalue weighted by Crippen LogP contribution is 2.38. The molecule has 0 saturated carbocycles. The highest BCUT2D eigenvalue weighted by atomic mass is 19.4. The maximum absolute atomic E-state index is 12.4. The molecule has 1 aliphatic rings. The largest absolute Gasteiger partial charge is 0.573 e. The number of benzene rings is 2. The molecule has 0 aliphatic carbocycles. The molecule has 0 amide bonds. The van der Waals surface area contributed by atoms with Crippen molar-refractivity contribution < 1.29 is 22.6 Å². The van der Waals surface area contributed by atoms with Crippen molar-refractivity contribution in [2.45, 2.75) is 19.2 Å². The number of hydrogen-bond donors (Lipinski definition) is 1. The molecule has 144 valence electrons. The van der Waals surface area contributed by atoms with Gasteiger partial charge in [0.25, 0.3) is 0 Å². The van der Waals surface area contributed by atoms with Gasteiger partial charge in [-0.15, -0.1) is 13.2 Å². The Balaban J connectivity index is 1.63. The van der Waals surface area contributed by atoms with Gasteiger partial charge in [0, 0.05) is 18.3 Å². The predicted octanol–water partition coefficient (Wildman–Crippen LogP) is 5.80. The molecule has 1 aliphatic heterocycles. The van der Waals surface area contributed by atoms with Gasteiger partial charge in [0.1, 0.15) is 5.75 Å². The summed E-state index contributed by atoms with van der Waals surface area (Å²) in [5, 5.41) is 3.36. The Morgan fingerprint density at radius 2 is 1.79 bits per heavy atom. The minimum atomic E-state index is -4.72. The summed E-state index contributed by atoms with van der Waals surface area (Å²) >= 11 is 0. The SMILES string of the molecule is FC(F)(F)Oc1ccc(-c2cccnc2Oc2cccc3c2NCCC3)cc1. The third-order valence-electron chi connectivity index (χ3n) is 4.41. The Morgan fingerprint density at radius 1 is 0.964 bits per heavy atom. The van der Waals surface area contributed by atoms with E-state index >= 15 is 0 Å². The number of pyridine rings is 1. The Kier molecular flexibility index (Phi) is 4.81. The Morgan fingerprint density at radius 3 is 2.57 bits per heavy atom. The average Bonchev–Trinajstić information content (AvgIpc) is 2.68. The van der Waals surface area contributed by atoms with Crippen molar-refractivity contribution in [1.29, 1.82) is 0 Å². The molecule has 0 unspecified atom stereocenters. The summed E-state index contributed by atoms with van der Waals surface area (Å²) in [4.78, 5) is 4.32. The normalized spacial score (nSPS) is 13.4. The average molecular weight is 386 g/mol. The molecular formula is C21H17F3N2O2. The molecule has 4 nitrogen and oxygen atoms in total. The number of aryl methyl sites for hydroxylation is 1. The summed E-state index contributed by atoms with van der Waals surface area (Å²) in [6, 6.07) is 15.1. The maximum atomic E-state index is 12.4. The number of fused-ring (bicyclic) bond motifs is 1. The first-order valence-corrected chi connectivity index (χ1v) is 8.84. The summed E-state index contributed by atoms with van der Waals surface area (Å²) in [6.45, 7) is 0.878. The van der Waals surface area contributed by atoms with Gasteiger partial charge in [0.05, 0.1) is 5.69 Å². The number of rotatable bonds is 4. The Hall–Kier alpha value is -3.22. The number of nitrogens with zero attached hydrogens (tertiary/aromatic N) is 1. The van der Waals surface area contributed by atoms with Crippen LogP contribution in [0.3, 0.4) is 0 Å². The summed E-state index contributed by atoms with van der Waals surface area (Å²) in [6.07, 6.45) is -1.06. The molecule has 0 atom stereocenters. The standard InChI is InChI=1S/C21H17F3N2O2/c22-21(23,24)28-16-10-8-14(9-11-16)17-6-3-13-26-20(17)27-18-7-1-4-15-5-2-12-25-19(15)18/h1,3-4,6-11,13,25H,2,5,12H2. The van der Waals surface area contributed by atoms with Crippen LogP contribution in [0.2, 0.25) is 0 Å². The molecule has 3 aromatic rings. The number of aromatic nitrogens is 1. The molecule has 7 heteroatoms. The van der Waals surface area contributed by atoms with Crippen molar-refractivity contribution in [3.8, 4) is 28.5 Å². The second-order valence-electron chi connectivity index (χ2n) is 6.35. The van der Waals surface area contributed by atoms with E-state index in [4.69, 9.17) is 4.74 Å². The van der Waals surface area contributed by atoms with Gasteiger partial charge < -0.3 is 14.8 Å². The zero-order chi connectivity index (χ0) is 19.6. The van der Waals surface area contributed by atoms with Gasteiger partial charge in [-0.1, -0.05) is 24.3 Å². The van der Waals surface area contributed by atoms with Gasteiger partial charge in [-0.2, -0.15) is 0 Å². The summed E-state index contributed by atoms with van der Waals surface area (Å²) < 4.78 is 47.1. The van der Waals surface area contributed by atoms with E-state index in [1.165, 1.54) is 17.7 Å². The quantitative estimate of drug-likeness (QED) is 0.616. The molecule has 0 spiro atoms. The van der Waals surface area contributed by atoms with E-state index in [2.05, 4.69) is 21.1 Å². The van der Waals surface area contributed by atoms with Crippen molar-refractivity contribution in [2.75, 3.05) is 11.9 Å².